The molecule has 2 aliphatic rings. The number of hydrogen-bond acceptors (Lipinski definition) is 7. The largest absolute Gasteiger partial charge is 0.495 e. The van der Waals surface area contributed by atoms with Crippen molar-refractivity contribution >= 4 is 46.4 Å². The summed E-state index contributed by atoms with van der Waals surface area (Å²) in [5.74, 6) is 2.98. The van der Waals surface area contributed by atoms with E-state index in [9.17, 15) is 0 Å². The van der Waals surface area contributed by atoms with Crippen LogP contribution in [-0.4, -0.2) is 55.5 Å². The summed E-state index contributed by atoms with van der Waals surface area (Å²) in [5, 5.41) is 11.3. The lowest BCUT2D eigenvalue weighted by Crippen LogP contribution is -2.42. The fourth-order valence-electron chi connectivity index (χ4n) is 4.87. The number of methoxy groups -OCH3 is 2. The van der Waals surface area contributed by atoms with Crippen LogP contribution < -0.4 is 30.3 Å². The van der Waals surface area contributed by atoms with Gasteiger partial charge in [0.2, 0.25) is 5.95 Å². The number of thiocarbonyl (C=S) groups is 1. The summed E-state index contributed by atoms with van der Waals surface area (Å²) in [6, 6.07) is 4.16. The zero-order valence-electron chi connectivity index (χ0n) is 20.9. The fourth-order valence-corrected chi connectivity index (χ4v) is 5.39. The van der Waals surface area contributed by atoms with Crippen LogP contribution in [0.5, 0.6) is 11.5 Å². The molecule has 0 amide bonds. The Hall–Kier alpha value is -2.52. The number of ether oxygens (including phenoxy) is 2. The highest BCUT2D eigenvalue weighted by Gasteiger charge is 2.24. The standard InChI is InChI=1S/C25H35ClN6O2S/c1-32(2)23-17-7-5-6-8-19(17)29-24(31-23)27-15-9-11-16(12-10-15)28-25(35)30-20-13-18(26)21(33-3)14-22(20)34-4/h13-16H,5-12H2,1-4H3,(H,27,29,31)(H2,28,30,35)/t15-,16+. The Morgan fingerprint density at radius 2 is 1.69 bits per heavy atom. The van der Waals surface area contributed by atoms with E-state index in [-0.39, 0.29) is 0 Å². The summed E-state index contributed by atoms with van der Waals surface area (Å²) in [4.78, 5) is 11.8. The topological polar surface area (TPSA) is 83.6 Å². The molecule has 0 unspecified atom stereocenters. The van der Waals surface area contributed by atoms with E-state index in [0.29, 0.717) is 39.4 Å². The number of rotatable bonds is 7. The second-order valence-corrected chi connectivity index (χ2v) is 10.2. The van der Waals surface area contributed by atoms with Crippen LogP contribution in [-0.2, 0) is 12.8 Å². The molecule has 10 heteroatoms. The molecule has 4 rings (SSSR count). The van der Waals surface area contributed by atoms with Crippen LogP contribution in [0.25, 0.3) is 0 Å². The molecule has 1 heterocycles. The van der Waals surface area contributed by atoms with Gasteiger partial charge in [-0.1, -0.05) is 11.6 Å². The normalized spacial score (nSPS) is 19.3. The Balaban J connectivity index is 1.31. The van der Waals surface area contributed by atoms with Crippen molar-refractivity contribution in [3.63, 3.8) is 0 Å². The third-order valence-corrected chi connectivity index (χ3v) is 7.22. The number of halogens is 1. The molecule has 190 valence electrons. The number of aryl methyl sites for hydroxylation is 1. The predicted octanol–water partition coefficient (Wildman–Crippen LogP) is 4.80. The third kappa shape index (κ3) is 6.19. The van der Waals surface area contributed by atoms with Crippen molar-refractivity contribution in [3.8, 4) is 11.5 Å². The van der Waals surface area contributed by atoms with Gasteiger partial charge in [-0.3, -0.25) is 0 Å². The van der Waals surface area contributed by atoms with E-state index in [1.807, 2.05) is 0 Å². The first-order chi connectivity index (χ1) is 16.9. The molecule has 8 nitrogen and oxygen atoms in total. The van der Waals surface area contributed by atoms with Crippen LogP contribution in [0.2, 0.25) is 5.02 Å². The van der Waals surface area contributed by atoms with Crippen molar-refractivity contribution < 1.29 is 9.47 Å². The van der Waals surface area contributed by atoms with Crippen molar-refractivity contribution in [2.75, 3.05) is 43.8 Å². The second kappa shape index (κ2) is 11.5. The first-order valence-electron chi connectivity index (χ1n) is 12.2. The summed E-state index contributed by atoms with van der Waals surface area (Å²) in [7, 11) is 7.30. The molecule has 1 aromatic heterocycles. The highest BCUT2D eigenvalue weighted by atomic mass is 35.5. The van der Waals surface area contributed by atoms with Gasteiger partial charge in [-0.2, -0.15) is 4.98 Å². The van der Waals surface area contributed by atoms with Gasteiger partial charge in [-0.05, 0) is 69.7 Å². The maximum absolute atomic E-state index is 6.28. The maximum Gasteiger partial charge on any atom is 0.225 e. The number of hydrogen-bond donors (Lipinski definition) is 3. The minimum Gasteiger partial charge on any atom is -0.495 e. The molecule has 0 spiro atoms. The highest BCUT2D eigenvalue weighted by Crippen LogP contribution is 2.36. The van der Waals surface area contributed by atoms with E-state index in [1.54, 1.807) is 26.4 Å². The van der Waals surface area contributed by atoms with Gasteiger partial charge >= 0.3 is 0 Å². The molecule has 3 N–H and O–H groups in total. The quantitative estimate of drug-likeness (QED) is 0.447. The molecule has 2 aliphatic carbocycles. The Labute approximate surface area is 218 Å². The molecule has 1 fully saturated rings. The molecule has 0 saturated heterocycles. The Morgan fingerprint density at radius 1 is 1.00 bits per heavy atom. The van der Waals surface area contributed by atoms with Gasteiger partial charge in [-0.15, -0.1) is 0 Å². The van der Waals surface area contributed by atoms with Gasteiger partial charge in [0.05, 0.1) is 30.6 Å². The van der Waals surface area contributed by atoms with Crippen molar-refractivity contribution in [1.82, 2.24) is 15.3 Å². The number of nitrogens with one attached hydrogen (secondary N) is 3. The molecular weight excluding hydrogens is 484 g/mol. The smallest absolute Gasteiger partial charge is 0.225 e. The van der Waals surface area contributed by atoms with Crippen LogP contribution in [0.1, 0.15) is 49.8 Å². The molecule has 1 aromatic carbocycles. The van der Waals surface area contributed by atoms with E-state index in [1.165, 1.54) is 24.1 Å². The summed E-state index contributed by atoms with van der Waals surface area (Å²) in [6.07, 6.45) is 8.59. The minimum atomic E-state index is 0.301. The van der Waals surface area contributed by atoms with Crippen LogP contribution >= 0.6 is 23.8 Å². The minimum absolute atomic E-state index is 0.301. The molecule has 2 aromatic rings. The zero-order chi connectivity index (χ0) is 24.9. The molecule has 35 heavy (non-hydrogen) atoms. The highest BCUT2D eigenvalue weighted by molar-refractivity contribution is 7.80. The third-order valence-electron chi connectivity index (χ3n) is 6.70. The van der Waals surface area contributed by atoms with E-state index in [4.69, 9.17) is 43.3 Å². The first-order valence-corrected chi connectivity index (χ1v) is 13.0. The monoisotopic (exact) mass is 518 g/mol. The predicted molar refractivity (Wildman–Crippen MR) is 147 cm³/mol. The summed E-state index contributed by atoms with van der Waals surface area (Å²) >= 11 is 11.8. The Bertz CT molecular complexity index is 1060. The number of benzene rings is 1. The van der Waals surface area contributed by atoms with E-state index >= 15 is 0 Å². The lowest BCUT2D eigenvalue weighted by Gasteiger charge is -2.31. The van der Waals surface area contributed by atoms with Crippen molar-refractivity contribution in [2.45, 2.75) is 63.5 Å². The summed E-state index contributed by atoms with van der Waals surface area (Å²) < 4.78 is 10.7. The lowest BCUT2D eigenvalue weighted by atomic mass is 9.91. The molecular formula is C25H35ClN6O2S. The molecule has 0 aliphatic heterocycles. The van der Waals surface area contributed by atoms with Crippen molar-refractivity contribution in [1.29, 1.82) is 0 Å². The number of aromatic nitrogens is 2. The van der Waals surface area contributed by atoms with E-state index < -0.39 is 0 Å². The Kier molecular flexibility index (Phi) is 8.38. The van der Waals surface area contributed by atoms with Gasteiger partial charge in [-0.25, -0.2) is 4.98 Å². The Morgan fingerprint density at radius 3 is 2.37 bits per heavy atom. The van der Waals surface area contributed by atoms with E-state index in [0.717, 1.165) is 50.3 Å². The van der Waals surface area contributed by atoms with Gasteiger partial charge in [0.15, 0.2) is 5.11 Å². The van der Waals surface area contributed by atoms with Gasteiger partial charge in [0.1, 0.15) is 17.3 Å². The van der Waals surface area contributed by atoms with Crippen LogP contribution in [0.15, 0.2) is 12.1 Å². The summed E-state index contributed by atoms with van der Waals surface area (Å²) in [5.41, 5.74) is 3.22. The number of fused-ring (bicyclic) bond motifs is 1. The SMILES string of the molecule is COc1cc(OC)c(NC(=S)N[C@H]2CC[C@@H](Nc3nc4c(c(N(C)C)n3)CCCC4)CC2)cc1Cl. The fraction of sp³-hybridized carbons (Fsp3) is 0.560. The maximum atomic E-state index is 6.28. The average molecular weight is 519 g/mol. The van der Waals surface area contributed by atoms with Gasteiger partial charge in [0, 0.05) is 37.8 Å². The molecule has 0 atom stereocenters. The summed E-state index contributed by atoms with van der Waals surface area (Å²) in [6.45, 7) is 0. The average Bonchev–Trinajstić information content (AvgIpc) is 2.85. The zero-order valence-corrected chi connectivity index (χ0v) is 22.5. The van der Waals surface area contributed by atoms with Gasteiger partial charge < -0.3 is 30.3 Å². The lowest BCUT2D eigenvalue weighted by molar-refractivity contribution is 0.387. The van der Waals surface area contributed by atoms with Gasteiger partial charge in [0.25, 0.3) is 0 Å². The van der Waals surface area contributed by atoms with Crippen molar-refractivity contribution in [3.05, 3.63) is 28.4 Å². The van der Waals surface area contributed by atoms with Crippen LogP contribution in [0, 0.1) is 0 Å². The van der Waals surface area contributed by atoms with Crippen LogP contribution in [0.4, 0.5) is 17.5 Å². The van der Waals surface area contributed by atoms with Crippen LogP contribution in [0.3, 0.4) is 0 Å². The van der Waals surface area contributed by atoms with Crippen molar-refractivity contribution in [2.24, 2.45) is 0 Å². The second-order valence-electron chi connectivity index (χ2n) is 9.38. The number of anilines is 3. The van der Waals surface area contributed by atoms with E-state index in [2.05, 4.69) is 34.9 Å². The number of nitrogens with zero attached hydrogens (tertiary/aromatic N) is 3. The molecule has 0 bridgehead atoms. The first kappa shape index (κ1) is 25.6. The molecule has 0 radical (unpaired) electrons. The molecule has 1 saturated carbocycles.